The van der Waals surface area contributed by atoms with Crippen LogP contribution in [-0.2, 0) is 58.9 Å². The second-order valence-corrected chi connectivity index (χ2v) is 25.4. The van der Waals surface area contributed by atoms with Crippen LogP contribution < -0.4 is 20.9 Å². The van der Waals surface area contributed by atoms with Gasteiger partial charge in [0, 0.05) is 121 Å². The number of ether oxygens (including phenoxy) is 6. The molecule has 496 valence electrons. The number of piperazine rings is 1. The number of amides is 2. The summed E-state index contributed by atoms with van der Waals surface area (Å²) in [6, 6.07) is -2.51. The molecular weight excluding hydrogens is 1160 g/mol. The number of aryl methyl sites for hydroxylation is 1. The first-order chi connectivity index (χ1) is 43.0. The zero-order valence-electron chi connectivity index (χ0n) is 54.1. The van der Waals surface area contributed by atoms with E-state index >= 15 is 0 Å². The third kappa shape index (κ3) is 18.4. The maximum atomic E-state index is 14.7. The van der Waals surface area contributed by atoms with Gasteiger partial charge in [0.05, 0.1) is 31.0 Å². The molecule has 5 aliphatic rings. The number of hydrogen-bond donors (Lipinski definition) is 5. The average molecular weight is 1260 g/mol. The zero-order valence-corrected chi connectivity index (χ0v) is 54.1. The number of alkyl carbamates (subject to hydrolysis) is 1. The van der Waals surface area contributed by atoms with Gasteiger partial charge in [0.1, 0.15) is 36.2 Å². The Bertz CT molecular complexity index is 2870. The lowest BCUT2D eigenvalue weighted by molar-refractivity contribution is -0.265. The van der Waals surface area contributed by atoms with Crippen molar-refractivity contribution >= 4 is 47.2 Å². The van der Waals surface area contributed by atoms with Crippen LogP contribution in [0.2, 0.25) is 0 Å². The van der Waals surface area contributed by atoms with E-state index in [-0.39, 0.29) is 69.0 Å². The first-order valence-electron chi connectivity index (χ1n) is 31.9. The van der Waals surface area contributed by atoms with E-state index in [4.69, 9.17) is 34.2 Å². The average Bonchev–Trinajstić information content (AvgIpc) is 1.07. The fourth-order valence-electron chi connectivity index (χ4n) is 13.0. The molecule has 1 saturated carbocycles. The van der Waals surface area contributed by atoms with Gasteiger partial charge in [-0.3, -0.25) is 19.2 Å². The number of allylic oxidation sites excluding steroid dienone is 6. The molecule has 4 fully saturated rings. The Kier molecular flexibility index (Phi) is 26.3. The first kappa shape index (κ1) is 71.1. The summed E-state index contributed by atoms with van der Waals surface area (Å²) in [5.74, 6) is -7.62. The Hall–Kier alpha value is -6.38. The number of aliphatic hydroxyl groups excluding tert-OH is 2. The van der Waals surface area contributed by atoms with Crippen LogP contribution >= 0.6 is 0 Å². The van der Waals surface area contributed by atoms with Crippen molar-refractivity contribution in [3.63, 3.8) is 0 Å². The lowest BCUT2D eigenvalue weighted by atomic mass is 9.80. The van der Waals surface area contributed by atoms with Gasteiger partial charge >= 0.3 is 12.1 Å². The number of nitrogens with one attached hydrogen (secondary N) is 1. The third-order valence-corrected chi connectivity index (χ3v) is 18.6. The molecule has 0 aromatic carbocycles. The quantitative estimate of drug-likeness (QED) is 0.101. The highest BCUT2D eigenvalue weighted by molar-refractivity contribution is 6.39. The molecule has 24 heteroatoms. The number of ketones is 3. The molecule has 6 heterocycles. The number of aliphatic hydroxyl groups is 3. The highest BCUT2D eigenvalue weighted by Gasteiger charge is 2.53. The van der Waals surface area contributed by atoms with Gasteiger partial charge in [-0.15, -0.1) is 0 Å². The van der Waals surface area contributed by atoms with Gasteiger partial charge in [0.25, 0.3) is 11.7 Å². The van der Waals surface area contributed by atoms with Gasteiger partial charge in [0.2, 0.25) is 17.7 Å². The van der Waals surface area contributed by atoms with Crippen LogP contribution in [0, 0.1) is 36.5 Å². The largest absolute Gasteiger partial charge is 0.459 e. The number of fused-ring (bicyclic) bond motifs is 3. The molecule has 0 radical (unpaired) electrons. The number of Topliss-reactive ketones (excluding diaryl/α,β-unsaturated/α-hetero) is 3. The van der Waals surface area contributed by atoms with Crippen molar-refractivity contribution in [2.45, 2.75) is 199 Å². The summed E-state index contributed by atoms with van der Waals surface area (Å²) in [4.78, 5) is 108. The van der Waals surface area contributed by atoms with Gasteiger partial charge in [-0.05, 0) is 114 Å². The van der Waals surface area contributed by atoms with Crippen LogP contribution in [0.4, 0.5) is 16.7 Å². The minimum atomic E-state index is -2.50. The summed E-state index contributed by atoms with van der Waals surface area (Å²) < 4.78 is 35.7. The Labute approximate surface area is 529 Å². The van der Waals surface area contributed by atoms with Gasteiger partial charge in [-0.2, -0.15) is 0 Å². The highest BCUT2D eigenvalue weighted by Crippen LogP contribution is 2.38. The topological polar surface area (TPSA) is 318 Å². The summed E-state index contributed by atoms with van der Waals surface area (Å²) in [6.45, 7) is 14.1. The molecule has 1 unspecified atom stereocenters. The van der Waals surface area contributed by atoms with Gasteiger partial charge in [0.15, 0.2) is 5.78 Å². The van der Waals surface area contributed by atoms with Crippen molar-refractivity contribution in [3.8, 4) is 0 Å². The Morgan fingerprint density at radius 3 is 2.22 bits per heavy atom. The molecule has 2 amide bonds. The van der Waals surface area contributed by atoms with E-state index in [9.17, 15) is 44.1 Å². The summed E-state index contributed by atoms with van der Waals surface area (Å²) >= 11 is 0. The molecule has 90 heavy (non-hydrogen) atoms. The van der Waals surface area contributed by atoms with E-state index in [1.807, 2.05) is 61.0 Å². The molecular formula is C66H97N9O15. The second kappa shape index (κ2) is 33.3. The number of cyclic esters (lactones) is 1. The lowest BCUT2D eigenvalue weighted by Gasteiger charge is -2.42. The predicted molar refractivity (Wildman–Crippen MR) is 334 cm³/mol. The maximum absolute atomic E-state index is 14.7. The Balaban J connectivity index is 1.04. The smallest absolute Gasteiger partial charge is 0.407 e. The molecule has 0 spiro atoms. The summed E-state index contributed by atoms with van der Waals surface area (Å²) in [5.41, 5.74) is 9.79. The molecule has 2 aromatic rings. The molecule has 24 nitrogen and oxygen atoms in total. The molecule has 1 aliphatic carbocycles. The normalized spacial score (nSPS) is 33.3. The van der Waals surface area contributed by atoms with E-state index in [1.54, 1.807) is 65.7 Å². The van der Waals surface area contributed by atoms with Crippen molar-refractivity contribution < 1.29 is 72.5 Å². The summed E-state index contributed by atoms with van der Waals surface area (Å²) in [5, 5.41) is 36.8. The number of methoxy groups -OCH3 is 3. The molecule has 2 bridgehead atoms. The standard InChI is InChI=1S/C66H97N9O15/c1-39-16-12-11-13-17-41(3)54(85-8)30-49-21-19-45(7)66(84,90-49)60(80)61(81)75-23-15-14-18-51(75)62(82)88-55(31-52(77)42(4)27-44(6)58(79)59(87-10)57(78)43(5)26-39)50(67)28-46-20-22-53(56(29-46)86-9)89-65(83)72-36-47-34-70-64(71-35-47)74-25-24-73(37-48(74)38-76)63-68-32-40(2)33-69-63/h11-13,16-17,27,32-35,39,42-43,45-46,48-51,53-56,58-59,76,79,84H,14-15,18-26,28-31,36-38,67H2,1-10H3,(H,72,83)/b13-11?,16-12+,41-17?,44-27+/t39-,42-,43-,45-,46+,48?,49+,50-,51+,53-,54+,55+,56-,58-,59+,66-/m1/s1. The maximum Gasteiger partial charge on any atom is 0.407 e. The van der Waals surface area contributed by atoms with Crippen molar-refractivity contribution in [3.05, 3.63) is 83.5 Å². The number of nitrogens with two attached hydrogens (primary N) is 1. The van der Waals surface area contributed by atoms with E-state index in [0.29, 0.717) is 94.0 Å². The molecule has 6 N–H and O–H groups in total. The lowest BCUT2D eigenvalue weighted by Crippen LogP contribution is -2.61. The minimum absolute atomic E-state index is 0.0131. The van der Waals surface area contributed by atoms with E-state index < -0.39 is 108 Å². The van der Waals surface area contributed by atoms with Crippen LogP contribution in [0.1, 0.15) is 130 Å². The van der Waals surface area contributed by atoms with Crippen molar-refractivity contribution in [1.29, 1.82) is 0 Å². The number of rotatable bonds is 12. The second-order valence-electron chi connectivity index (χ2n) is 25.4. The molecule has 4 aliphatic heterocycles. The van der Waals surface area contributed by atoms with E-state index in [2.05, 4.69) is 25.3 Å². The van der Waals surface area contributed by atoms with Crippen LogP contribution in [0.25, 0.3) is 0 Å². The van der Waals surface area contributed by atoms with E-state index in [0.717, 1.165) is 16.0 Å². The Morgan fingerprint density at radius 2 is 1.53 bits per heavy atom. The number of aromatic nitrogens is 4. The number of carbonyl (C=O) groups is 6. The first-order valence-corrected chi connectivity index (χ1v) is 31.9. The molecule has 3 saturated heterocycles. The van der Waals surface area contributed by atoms with Crippen LogP contribution in [-0.4, -0.2) is 196 Å². The van der Waals surface area contributed by atoms with Gasteiger partial charge < -0.3 is 69.5 Å². The van der Waals surface area contributed by atoms with Crippen molar-refractivity contribution in [2.24, 2.45) is 35.3 Å². The van der Waals surface area contributed by atoms with Crippen LogP contribution in [0.5, 0.6) is 0 Å². The summed E-state index contributed by atoms with van der Waals surface area (Å²) in [7, 11) is 4.44. The van der Waals surface area contributed by atoms with E-state index in [1.165, 1.54) is 14.2 Å². The predicted octanol–water partition coefficient (Wildman–Crippen LogP) is 5.38. The minimum Gasteiger partial charge on any atom is -0.459 e. The Morgan fingerprint density at radius 1 is 0.811 bits per heavy atom. The molecule has 2 aromatic heterocycles. The third-order valence-electron chi connectivity index (χ3n) is 18.6. The zero-order chi connectivity index (χ0) is 65.4. The highest BCUT2D eigenvalue weighted by atomic mass is 16.6. The SMILES string of the molecule is CO[C@H]1C[C@@H]2CC[C@@H](C)[C@@](O)(O2)C(=O)C(=O)N2CCCC[C@H]2C(=O)O[C@H]([C@H](N)C[C@@H]2CC[C@@H](OC(=O)NCc3cnc(N4CCN(c5ncc(C)cn5)CC4CO)nc3)[C@H](OC)C2)CC(=O)[C@H](C)/C=C(\C)[C@@H](O)[C@@H](OC)C(=O)[C@H](C)C[C@H](C)/C=C/C=CC=C1C. The molecule has 7 rings (SSSR count). The number of hydrogen-bond acceptors (Lipinski definition) is 22. The van der Waals surface area contributed by atoms with Crippen LogP contribution in [0.15, 0.2) is 72.4 Å². The number of anilines is 2. The number of carbonyl (C=O) groups excluding carboxylic acids is 6. The summed E-state index contributed by atoms with van der Waals surface area (Å²) in [6.07, 6.45) is 14.9. The number of piperidine rings is 1. The van der Waals surface area contributed by atoms with Gasteiger partial charge in [-0.25, -0.2) is 29.5 Å². The van der Waals surface area contributed by atoms with Crippen molar-refractivity contribution in [1.82, 2.24) is 30.2 Å². The van der Waals surface area contributed by atoms with Crippen LogP contribution in [0.3, 0.4) is 0 Å². The number of nitrogens with zero attached hydrogens (tertiary/aromatic N) is 7. The fraction of sp³-hybridized carbons (Fsp3) is 0.667. The number of esters is 1. The monoisotopic (exact) mass is 1260 g/mol. The fourth-order valence-corrected chi connectivity index (χ4v) is 13.0. The van der Waals surface area contributed by atoms with Gasteiger partial charge in [-0.1, -0.05) is 64.2 Å². The molecule has 16 atom stereocenters. The van der Waals surface area contributed by atoms with Crippen molar-refractivity contribution in [2.75, 3.05) is 63.9 Å².